The molecule has 9 nitrogen and oxygen atoms in total. The van der Waals surface area contributed by atoms with Crippen LogP contribution in [0.25, 0.3) is 0 Å². The SMILES string of the molecule is CCN(CC)S(=O)(=O)c1cc(C(=O)N2CCN(c3cc(C)nc(C(C)C)n3)CC2)n(C)c1. The van der Waals surface area contributed by atoms with Gasteiger partial charge < -0.3 is 14.4 Å². The first-order valence-corrected chi connectivity index (χ1v) is 12.6. The Labute approximate surface area is 191 Å². The summed E-state index contributed by atoms with van der Waals surface area (Å²) in [6.45, 7) is 12.9. The van der Waals surface area contributed by atoms with E-state index in [-0.39, 0.29) is 16.7 Å². The molecule has 3 heterocycles. The number of sulfonamides is 1. The summed E-state index contributed by atoms with van der Waals surface area (Å²) in [6, 6.07) is 3.47. The Morgan fingerprint density at radius 1 is 1.09 bits per heavy atom. The van der Waals surface area contributed by atoms with Crippen LogP contribution >= 0.6 is 0 Å². The Bertz CT molecular complexity index is 1070. The van der Waals surface area contributed by atoms with Crippen molar-refractivity contribution in [2.24, 2.45) is 7.05 Å². The van der Waals surface area contributed by atoms with Gasteiger partial charge in [0, 0.05) is 70.2 Å². The maximum absolute atomic E-state index is 13.2. The number of hydrogen-bond donors (Lipinski definition) is 0. The summed E-state index contributed by atoms with van der Waals surface area (Å²) in [6.07, 6.45) is 1.52. The van der Waals surface area contributed by atoms with Crippen LogP contribution in [0.15, 0.2) is 23.2 Å². The maximum Gasteiger partial charge on any atom is 0.270 e. The monoisotopic (exact) mass is 462 g/mol. The molecule has 1 amide bonds. The first kappa shape index (κ1) is 24.2. The summed E-state index contributed by atoms with van der Waals surface area (Å²) in [5.41, 5.74) is 1.31. The van der Waals surface area contributed by atoms with Crippen molar-refractivity contribution in [3.8, 4) is 0 Å². The Morgan fingerprint density at radius 2 is 1.72 bits per heavy atom. The number of amides is 1. The summed E-state index contributed by atoms with van der Waals surface area (Å²) >= 11 is 0. The largest absolute Gasteiger partial charge is 0.353 e. The van der Waals surface area contributed by atoms with Gasteiger partial charge in [0.05, 0.1) is 0 Å². The molecule has 0 N–H and O–H groups in total. The highest BCUT2D eigenvalue weighted by molar-refractivity contribution is 7.89. The van der Waals surface area contributed by atoms with E-state index in [1.165, 1.54) is 16.6 Å². The third-order valence-electron chi connectivity index (χ3n) is 5.81. The maximum atomic E-state index is 13.2. The van der Waals surface area contributed by atoms with E-state index >= 15 is 0 Å². The van der Waals surface area contributed by atoms with E-state index < -0.39 is 10.0 Å². The highest BCUT2D eigenvalue weighted by Crippen LogP contribution is 2.22. The molecular weight excluding hydrogens is 428 g/mol. The molecule has 0 spiro atoms. The van der Waals surface area contributed by atoms with Gasteiger partial charge in [0.15, 0.2) is 0 Å². The molecule has 2 aromatic rings. The number of aryl methyl sites for hydroxylation is 2. The molecule has 3 rings (SSSR count). The first-order valence-electron chi connectivity index (χ1n) is 11.1. The van der Waals surface area contributed by atoms with E-state index in [4.69, 9.17) is 4.98 Å². The van der Waals surface area contributed by atoms with Crippen molar-refractivity contribution in [2.75, 3.05) is 44.2 Å². The lowest BCUT2D eigenvalue weighted by atomic mass is 10.2. The third kappa shape index (κ3) is 4.80. The summed E-state index contributed by atoms with van der Waals surface area (Å²) < 4.78 is 28.7. The molecule has 0 radical (unpaired) electrons. The predicted octanol–water partition coefficient (Wildman–Crippen LogP) is 2.24. The Morgan fingerprint density at radius 3 is 2.28 bits per heavy atom. The lowest BCUT2D eigenvalue weighted by Gasteiger charge is -2.35. The van der Waals surface area contributed by atoms with Crippen molar-refractivity contribution in [3.05, 3.63) is 35.5 Å². The topological polar surface area (TPSA) is 91.6 Å². The van der Waals surface area contributed by atoms with Gasteiger partial charge in [-0.15, -0.1) is 0 Å². The Hall–Kier alpha value is -2.46. The van der Waals surface area contributed by atoms with E-state index in [9.17, 15) is 13.2 Å². The van der Waals surface area contributed by atoms with Crippen LogP contribution in [-0.2, 0) is 17.1 Å². The zero-order chi connectivity index (χ0) is 23.6. The number of nitrogens with zero attached hydrogens (tertiary/aromatic N) is 6. The van der Waals surface area contributed by atoms with Gasteiger partial charge in [-0.1, -0.05) is 27.7 Å². The molecule has 0 aliphatic carbocycles. The highest BCUT2D eigenvalue weighted by atomic mass is 32.2. The van der Waals surface area contributed by atoms with Gasteiger partial charge in [0.1, 0.15) is 22.2 Å². The fourth-order valence-corrected chi connectivity index (χ4v) is 5.43. The molecule has 0 bridgehead atoms. The summed E-state index contributed by atoms with van der Waals surface area (Å²) in [4.78, 5) is 26.5. The van der Waals surface area contributed by atoms with Crippen LogP contribution in [0.3, 0.4) is 0 Å². The van der Waals surface area contributed by atoms with Crippen molar-refractivity contribution in [1.82, 2.24) is 23.7 Å². The molecule has 0 aromatic carbocycles. The highest BCUT2D eigenvalue weighted by Gasteiger charge is 2.29. The van der Waals surface area contributed by atoms with Gasteiger partial charge in [-0.25, -0.2) is 18.4 Å². The quantitative estimate of drug-likeness (QED) is 0.627. The second-order valence-corrected chi connectivity index (χ2v) is 10.4. The molecule has 1 aliphatic heterocycles. The molecule has 1 saturated heterocycles. The Balaban J connectivity index is 1.73. The molecule has 1 aliphatic rings. The van der Waals surface area contributed by atoms with Gasteiger partial charge in [-0.3, -0.25) is 4.79 Å². The van der Waals surface area contributed by atoms with Crippen LogP contribution in [0.1, 0.15) is 55.6 Å². The molecule has 0 unspecified atom stereocenters. The van der Waals surface area contributed by atoms with E-state index in [0.29, 0.717) is 45.0 Å². The third-order valence-corrected chi connectivity index (χ3v) is 7.82. The molecule has 1 fully saturated rings. The van der Waals surface area contributed by atoms with Crippen LogP contribution in [-0.4, -0.2) is 77.3 Å². The zero-order valence-corrected chi connectivity index (χ0v) is 20.7. The average molecular weight is 463 g/mol. The second-order valence-electron chi connectivity index (χ2n) is 8.42. The van der Waals surface area contributed by atoms with Gasteiger partial charge in [-0.05, 0) is 13.0 Å². The minimum absolute atomic E-state index is 0.156. The van der Waals surface area contributed by atoms with Gasteiger partial charge in [0.2, 0.25) is 10.0 Å². The van der Waals surface area contributed by atoms with Crippen LogP contribution < -0.4 is 4.90 Å². The van der Waals surface area contributed by atoms with Crippen molar-refractivity contribution >= 4 is 21.7 Å². The summed E-state index contributed by atoms with van der Waals surface area (Å²) in [5, 5.41) is 0. The van der Waals surface area contributed by atoms with E-state index in [1.807, 2.05) is 13.0 Å². The number of carbonyl (C=O) groups is 1. The van der Waals surface area contributed by atoms with Crippen molar-refractivity contribution in [1.29, 1.82) is 0 Å². The van der Waals surface area contributed by atoms with Crippen LogP contribution in [0.5, 0.6) is 0 Å². The lowest BCUT2D eigenvalue weighted by molar-refractivity contribution is 0.0737. The number of carbonyl (C=O) groups excluding carboxylic acids is 1. The molecule has 0 saturated carbocycles. The van der Waals surface area contributed by atoms with Crippen LogP contribution in [0.4, 0.5) is 5.82 Å². The predicted molar refractivity (Wildman–Crippen MR) is 124 cm³/mol. The van der Waals surface area contributed by atoms with Crippen LogP contribution in [0, 0.1) is 6.92 Å². The number of piperazine rings is 1. The van der Waals surface area contributed by atoms with Crippen molar-refractivity contribution in [3.63, 3.8) is 0 Å². The lowest BCUT2D eigenvalue weighted by Crippen LogP contribution is -2.49. The first-order chi connectivity index (χ1) is 15.1. The average Bonchev–Trinajstić information content (AvgIpc) is 3.16. The van der Waals surface area contributed by atoms with Gasteiger partial charge in [0.25, 0.3) is 5.91 Å². The molecule has 32 heavy (non-hydrogen) atoms. The smallest absolute Gasteiger partial charge is 0.270 e. The number of aromatic nitrogens is 3. The molecule has 10 heteroatoms. The van der Waals surface area contributed by atoms with Crippen molar-refractivity contribution in [2.45, 2.75) is 45.4 Å². The van der Waals surface area contributed by atoms with Gasteiger partial charge >= 0.3 is 0 Å². The van der Waals surface area contributed by atoms with Gasteiger partial charge in [-0.2, -0.15) is 4.31 Å². The summed E-state index contributed by atoms with van der Waals surface area (Å²) in [5.74, 6) is 1.80. The van der Waals surface area contributed by atoms with Crippen LogP contribution in [0.2, 0.25) is 0 Å². The molecule has 2 aromatic heterocycles. The van der Waals surface area contributed by atoms with Crippen molar-refractivity contribution < 1.29 is 13.2 Å². The molecular formula is C22H34N6O3S. The fourth-order valence-electron chi connectivity index (χ4n) is 3.90. The standard InChI is InChI=1S/C22H34N6O3S/c1-7-28(8-2)32(30,31)18-14-19(25(6)15-18)22(29)27-11-9-26(10-12-27)20-13-17(5)23-21(24-20)16(3)4/h13-16H,7-12H2,1-6H3. The normalized spacial score (nSPS) is 15.1. The molecule has 0 atom stereocenters. The minimum atomic E-state index is -3.61. The van der Waals surface area contributed by atoms with E-state index in [0.717, 1.165) is 17.3 Å². The minimum Gasteiger partial charge on any atom is -0.353 e. The fraction of sp³-hybridized carbons (Fsp3) is 0.591. The van der Waals surface area contributed by atoms with E-state index in [1.54, 1.807) is 30.4 Å². The zero-order valence-electron chi connectivity index (χ0n) is 19.9. The second kappa shape index (κ2) is 9.58. The Kier molecular flexibility index (Phi) is 7.24. The summed E-state index contributed by atoms with van der Waals surface area (Å²) in [7, 11) is -1.90. The number of hydrogen-bond acceptors (Lipinski definition) is 6. The van der Waals surface area contributed by atoms with E-state index in [2.05, 4.69) is 23.7 Å². The number of anilines is 1. The molecule has 176 valence electrons. The number of rotatable bonds is 7.